The van der Waals surface area contributed by atoms with Crippen LogP contribution in [-0.4, -0.2) is 60.9 Å². The van der Waals surface area contributed by atoms with Crippen molar-refractivity contribution in [2.75, 3.05) is 11.5 Å². The number of carbonyl (C=O) groups excluding carboxylic acids is 2. The second-order valence-corrected chi connectivity index (χ2v) is 12.5. The highest BCUT2D eigenvalue weighted by Crippen LogP contribution is 2.42. The Labute approximate surface area is 212 Å². The van der Waals surface area contributed by atoms with Crippen molar-refractivity contribution in [3.63, 3.8) is 0 Å². The number of rotatable bonds is 7. The molecule has 0 radical (unpaired) electrons. The molecule has 2 amide bonds. The summed E-state index contributed by atoms with van der Waals surface area (Å²) in [4.78, 5) is 39.2. The second kappa shape index (κ2) is 9.53. The van der Waals surface area contributed by atoms with Gasteiger partial charge in [0.15, 0.2) is 4.34 Å². The molecule has 1 aromatic heterocycles. The molecule has 3 aliphatic heterocycles. The minimum absolute atomic E-state index is 0.00446. The third-order valence-electron chi connectivity index (χ3n) is 5.86. The molecule has 1 aromatic carbocycles. The van der Waals surface area contributed by atoms with E-state index in [4.69, 9.17) is 5.73 Å². The Bertz CT molecular complexity index is 1220. The first-order valence-corrected chi connectivity index (χ1v) is 14.4. The number of nitrogens with zero attached hydrogens (tertiary/aromatic N) is 3. The maximum atomic E-state index is 12.9. The van der Waals surface area contributed by atoms with Gasteiger partial charge in [0.25, 0.3) is 5.91 Å². The van der Waals surface area contributed by atoms with Gasteiger partial charge in [0.2, 0.25) is 5.91 Å². The molecule has 3 aliphatic rings. The van der Waals surface area contributed by atoms with Crippen molar-refractivity contribution in [2.24, 2.45) is 5.73 Å². The predicted molar refractivity (Wildman–Crippen MR) is 133 cm³/mol. The summed E-state index contributed by atoms with van der Waals surface area (Å²) in [5, 5.41) is 21.0. The number of amides is 2. The van der Waals surface area contributed by atoms with Crippen LogP contribution in [0.3, 0.4) is 0 Å². The van der Waals surface area contributed by atoms with Gasteiger partial charge in [-0.05, 0) is 29.2 Å². The van der Waals surface area contributed by atoms with E-state index in [2.05, 4.69) is 15.5 Å². The Hall–Kier alpha value is -2.06. The number of carbonyl (C=O) groups is 3. The third kappa shape index (κ3) is 4.24. The summed E-state index contributed by atoms with van der Waals surface area (Å²) < 4.78 is 0.752. The Balaban J connectivity index is 1.28. The van der Waals surface area contributed by atoms with Crippen molar-refractivity contribution in [2.45, 2.75) is 40.2 Å². The number of carboxylic acids is 1. The minimum atomic E-state index is -1.15. The first-order valence-electron chi connectivity index (χ1n) is 10.4. The maximum absolute atomic E-state index is 12.9. The number of β-lactam (4-membered cyclic amide) rings is 1. The van der Waals surface area contributed by atoms with Crippen LogP contribution in [0.2, 0.25) is 0 Å². The van der Waals surface area contributed by atoms with Crippen molar-refractivity contribution in [3.05, 3.63) is 51.2 Å². The molecule has 5 rings (SSSR count). The normalized spacial score (nSPS) is 22.2. The minimum Gasteiger partial charge on any atom is -0.477 e. The smallest absolute Gasteiger partial charge is 0.352 e. The van der Waals surface area contributed by atoms with Gasteiger partial charge in [0.05, 0.1) is 0 Å². The predicted octanol–water partition coefficient (Wildman–Crippen LogP) is 2.12. The molecule has 3 atom stereocenters. The number of fused-ring (bicyclic) bond motifs is 2. The van der Waals surface area contributed by atoms with Gasteiger partial charge in [-0.25, -0.2) is 4.79 Å². The number of benzene rings is 1. The van der Waals surface area contributed by atoms with E-state index in [1.54, 1.807) is 11.8 Å². The number of hydrogen-bond donors (Lipinski definition) is 3. The van der Waals surface area contributed by atoms with Gasteiger partial charge in [-0.15, -0.1) is 22.0 Å². The molecule has 0 bridgehead atoms. The summed E-state index contributed by atoms with van der Waals surface area (Å²) >= 11 is 6.06. The molecule has 4 N–H and O–H groups in total. The highest BCUT2D eigenvalue weighted by atomic mass is 32.2. The number of carboxylic acid groups (broad SMARTS) is 1. The average molecular weight is 536 g/mol. The molecule has 34 heavy (non-hydrogen) atoms. The molecule has 9 nitrogen and oxygen atoms in total. The second-order valence-electron chi connectivity index (χ2n) is 7.98. The molecule has 3 unspecified atom stereocenters. The van der Waals surface area contributed by atoms with Gasteiger partial charge in [-0.1, -0.05) is 41.3 Å². The van der Waals surface area contributed by atoms with E-state index in [9.17, 15) is 19.5 Å². The van der Waals surface area contributed by atoms with Crippen LogP contribution in [0.1, 0.15) is 27.7 Å². The molecular weight excluding hydrogens is 515 g/mol. The lowest BCUT2D eigenvalue weighted by Gasteiger charge is -2.49. The largest absolute Gasteiger partial charge is 0.477 e. The molecular formula is C21H21N5O4S4. The van der Waals surface area contributed by atoms with Crippen molar-refractivity contribution in [1.82, 2.24) is 20.4 Å². The van der Waals surface area contributed by atoms with Crippen LogP contribution in [0.5, 0.6) is 0 Å². The zero-order valence-electron chi connectivity index (χ0n) is 18.0. The van der Waals surface area contributed by atoms with E-state index in [-0.39, 0.29) is 5.70 Å². The van der Waals surface area contributed by atoms with Gasteiger partial charge >= 0.3 is 5.97 Å². The summed E-state index contributed by atoms with van der Waals surface area (Å²) in [6.45, 7) is 1.86. The van der Waals surface area contributed by atoms with Crippen molar-refractivity contribution in [1.29, 1.82) is 0 Å². The van der Waals surface area contributed by atoms with E-state index >= 15 is 0 Å². The van der Waals surface area contributed by atoms with Crippen LogP contribution in [-0.2, 0) is 25.9 Å². The number of aromatic nitrogens is 2. The van der Waals surface area contributed by atoms with Crippen LogP contribution in [0, 0.1) is 6.92 Å². The molecule has 178 valence electrons. The third-order valence-corrected chi connectivity index (χ3v) is 10.3. The van der Waals surface area contributed by atoms with Crippen LogP contribution >= 0.6 is 46.6 Å². The lowest BCUT2D eigenvalue weighted by atomic mass is 9.96. The molecule has 0 saturated carbocycles. The number of aryl methyl sites for hydroxylation is 1. The first-order chi connectivity index (χ1) is 16.3. The Morgan fingerprint density at radius 2 is 2.15 bits per heavy atom. The maximum Gasteiger partial charge on any atom is 0.352 e. The van der Waals surface area contributed by atoms with Gasteiger partial charge < -0.3 is 16.2 Å². The van der Waals surface area contributed by atoms with E-state index in [1.165, 1.54) is 45.3 Å². The van der Waals surface area contributed by atoms with Gasteiger partial charge in [-0.2, -0.15) is 11.8 Å². The van der Waals surface area contributed by atoms with Crippen LogP contribution < -0.4 is 11.1 Å². The van der Waals surface area contributed by atoms with E-state index in [1.807, 2.05) is 25.1 Å². The molecule has 13 heteroatoms. The first kappa shape index (κ1) is 23.7. The number of nitrogens with two attached hydrogens (primary N) is 1. The van der Waals surface area contributed by atoms with Crippen molar-refractivity contribution in [3.8, 4) is 0 Å². The standard InChI is InChI=1S/C21H21N5O4S4/c1-9-24-25-21(34-9)33-7-11-6-32-19-15(18(28)26(19)16(11)20(29)30)23-17(27)14(22)12-4-2-3-10-5-31-8-13(10)12/h2-4,14-15,19H,5-8,22H2,1H3,(H,23,27)(H,29,30). The number of thioether (sulfide) groups is 3. The summed E-state index contributed by atoms with van der Waals surface area (Å²) in [7, 11) is 0. The van der Waals surface area contributed by atoms with Crippen molar-refractivity contribution >= 4 is 64.4 Å². The molecule has 0 spiro atoms. The van der Waals surface area contributed by atoms with Crippen LogP contribution in [0.15, 0.2) is 33.8 Å². The quantitative estimate of drug-likeness (QED) is 0.357. The van der Waals surface area contributed by atoms with E-state index in [0.717, 1.165) is 32.0 Å². The summed E-state index contributed by atoms with van der Waals surface area (Å²) in [5.74, 6) is 0.542. The topological polar surface area (TPSA) is 139 Å². The van der Waals surface area contributed by atoms with Crippen LogP contribution in [0.25, 0.3) is 0 Å². The fourth-order valence-corrected chi connectivity index (χ4v) is 8.63. The monoisotopic (exact) mass is 535 g/mol. The van der Waals surface area contributed by atoms with Crippen LogP contribution in [0.4, 0.5) is 0 Å². The average Bonchev–Trinajstić information content (AvgIpc) is 3.48. The van der Waals surface area contributed by atoms with Gasteiger partial charge in [-0.3, -0.25) is 14.5 Å². The Morgan fingerprint density at radius 3 is 2.88 bits per heavy atom. The van der Waals surface area contributed by atoms with Crippen molar-refractivity contribution < 1.29 is 19.5 Å². The molecule has 1 fully saturated rings. The fourth-order valence-electron chi connectivity index (χ4n) is 4.18. The molecule has 1 saturated heterocycles. The zero-order valence-corrected chi connectivity index (χ0v) is 21.3. The summed E-state index contributed by atoms with van der Waals surface area (Å²) in [6.07, 6.45) is 0. The summed E-state index contributed by atoms with van der Waals surface area (Å²) in [6, 6.07) is 4.10. The lowest BCUT2D eigenvalue weighted by Crippen LogP contribution is -2.71. The highest BCUT2D eigenvalue weighted by Gasteiger charge is 2.54. The number of nitrogens with one attached hydrogen (secondary N) is 1. The summed E-state index contributed by atoms with van der Waals surface area (Å²) in [5.41, 5.74) is 9.97. The Morgan fingerprint density at radius 1 is 1.32 bits per heavy atom. The van der Waals surface area contributed by atoms with Gasteiger partial charge in [0.1, 0.15) is 28.2 Å². The molecule has 0 aliphatic carbocycles. The fraction of sp³-hybridized carbons (Fsp3) is 0.381. The highest BCUT2D eigenvalue weighted by molar-refractivity contribution is 8.01. The molecule has 4 heterocycles. The van der Waals surface area contributed by atoms with E-state index < -0.39 is 35.2 Å². The SMILES string of the molecule is Cc1nnc(SCC2=C(C(=O)O)N3C(=O)C(NC(=O)C(N)c4cccc5c4CSC5)C3SC2)s1. The Kier molecular flexibility index (Phi) is 6.64. The zero-order chi connectivity index (χ0) is 24.0. The number of aliphatic carboxylic acids is 1. The lowest BCUT2D eigenvalue weighted by molar-refractivity contribution is -0.150. The molecule has 2 aromatic rings. The number of hydrogen-bond acceptors (Lipinski definition) is 10. The van der Waals surface area contributed by atoms with E-state index in [0.29, 0.717) is 17.1 Å². The van der Waals surface area contributed by atoms with Gasteiger partial charge in [0, 0.05) is 23.0 Å².